The first-order valence-electron chi connectivity index (χ1n) is 8.11. The van der Waals surface area contributed by atoms with Crippen molar-refractivity contribution < 1.29 is 14.7 Å². The largest absolute Gasteiger partial charge is 0.478 e. The van der Waals surface area contributed by atoms with Crippen molar-refractivity contribution >= 4 is 11.9 Å². The Morgan fingerprint density at radius 2 is 1.96 bits per heavy atom. The number of carbonyl (C=O) groups excluding carboxylic acids is 1. The van der Waals surface area contributed by atoms with Crippen molar-refractivity contribution in [2.45, 2.75) is 25.7 Å². The summed E-state index contributed by atoms with van der Waals surface area (Å²) in [6, 6.07) is 12.6. The van der Waals surface area contributed by atoms with Crippen molar-refractivity contribution in [1.29, 1.82) is 0 Å². The summed E-state index contributed by atoms with van der Waals surface area (Å²) in [7, 11) is 0. The number of amides is 1. The third-order valence-electron chi connectivity index (χ3n) is 4.49. The highest BCUT2D eigenvalue weighted by Crippen LogP contribution is 2.28. The maximum atomic E-state index is 11.6. The van der Waals surface area contributed by atoms with Gasteiger partial charge in [-0.25, -0.2) is 4.79 Å². The van der Waals surface area contributed by atoms with E-state index in [2.05, 4.69) is 0 Å². The number of carboxylic acids is 1. The summed E-state index contributed by atoms with van der Waals surface area (Å²) in [4.78, 5) is 29.6. The summed E-state index contributed by atoms with van der Waals surface area (Å²) in [6.07, 6.45) is 1.95. The Bertz CT molecular complexity index is 773. The van der Waals surface area contributed by atoms with Gasteiger partial charge in [0.25, 0.3) is 0 Å². The Balaban J connectivity index is 1.93. The zero-order chi connectivity index (χ0) is 17.1. The molecule has 124 valence electrons. The normalized spacial score (nSPS) is 17.5. The highest BCUT2D eigenvalue weighted by Gasteiger charge is 2.24. The second-order valence-corrected chi connectivity index (χ2v) is 6.10. The van der Waals surface area contributed by atoms with Crippen molar-refractivity contribution in [2.75, 3.05) is 13.1 Å². The first kappa shape index (κ1) is 16.2. The van der Waals surface area contributed by atoms with E-state index >= 15 is 0 Å². The number of carbonyl (C=O) groups is 2. The third kappa shape index (κ3) is 3.30. The Morgan fingerprint density at radius 1 is 1.17 bits per heavy atom. The molecule has 0 bridgehead atoms. The van der Waals surface area contributed by atoms with Crippen LogP contribution in [0.15, 0.2) is 42.5 Å². The quantitative estimate of drug-likeness (QED) is 0.941. The number of likely N-dealkylation sites (tertiary alicyclic amines) is 1. The molecule has 1 fully saturated rings. The van der Waals surface area contributed by atoms with Gasteiger partial charge in [-0.05, 0) is 31.0 Å². The Hall–Kier alpha value is -2.69. The predicted octanol–water partition coefficient (Wildman–Crippen LogP) is 3.17. The number of rotatable bonds is 3. The summed E-state index contributed by atoms with van der Waals surface area (Å²) in [5.74, 6) is -0.676. The zero-order valence-electron chi connectivity index (χ0n) is 13.6. The number of nitrogens with zero attached hydrogens (tertiary/aromatic N) is 2. The third-order valence-corrected chi connectivity index (χ3v) is 4.49. The lowest BCUT2D eigenvalue weighted by atomic mass is 9.93. The highest BCUT2D eigenvalue weighted by atomic mass is 16.4. The number of benzene rings is 1. The van der Waals surface area contributed by atoms with Crippen molar-refractivity contribution in [3.63, 3.8) is 0 Å². The lowest BCUT2D eigenvalue weighted by Crippen LogP contribution is -2.37. The lowest BCUT2D eigenvalue weighted by molar-refractivity contribution is -0.130. The Kier molecular flexibility index (Phi) is 4.60. The van der Waals surface area contributed by atoms with Gasteiger partial charge in [-0.3, -0.25) is 9.78 Å². The van der Waals surface area contributed by atoms with E-state index in [4.69, 9.17) is 4.98 Å². The second-order valence-electron chi connectivity index (χ2n) is 6.10. The standard InChI is InChI=1S/C19H20N2O3/c1-13(22)21-11-5-6-14(12-21)17-9-4-10-18(20-17)15-7-2-3-8-16(15)19(23)24/h2-4,7-10,14H,5-6,11-12H2,1H3,(H,23,24). The van der Waals surface area contributed by atoms with Crippen LogP contribution in [0.2, 0.25) is 0 Å². The van der Waals surface area contributed by atoms with Crippen LogP contribution in [-0.2, 0) is 4.79 Å². The second kappa shape index (κ2) is 6.83. The first-order valence-corrected chi connectivity index (χ1v) is 8.11. The molecule has 1 atom stereocenters. The van der Waals surface area contributed by atoms with Gasteiger partial charge < -0.3 is 10.0 Å². The zero-order valence-corrected chi connectivity index (χ0v) is 13.6. The molecule has 1 aliphatic rings. The van der Waals surface area contributed by atoms with Gasteiger partial charge in [-0.2, -0.15) is 0 Å². The molecular weight excluding hydrogens is 304 g/mol. The van der Waals surface area contributed by atoms with Crippen LogP contribution in [-0.4, -0.2) is 40.0 Å². The fourth-order valence-electron chi connectivity index (χ4n) is 3.23. The van der Waals surface area contributed by atoms with Gasteiger partial charge in [-0.1, -0.05) is 24.3 Å². The monoisotopic (exact) mass is 324 g/mol. The maximum Gasteiger partial charge on any atom is 0.336 e. The predicted molar refractivity (Wildman–Crippen MR) is 90.9 cm³/mol. The number of hydrogen-bond acceptors (Lipinski definition) is 3. The summed E-state index contributed by atoms with van der Waals surface area (Å²) >= 11 is 0. The molecule has 1 saturated heterocycles. The van der Waals surface area contributed by atoms with Crippen LogP contribution >= 0.6 is 0 Å². The van der Waals surface area contributed by atoms with Gasteiger partial charge in [0.15, 0.2) is 0 Å². The fourth-order valence-corrected chi connectivity index (χ4v) is 3.23. The first-order chi connectivity index (χ1) is 11.6. The van der Waals surface area contributed by atoms with Crippen LogP contribution in [0.4, 0.5) is 0 Å². The van der Waals surface area contributed by atoms with Crippen LogP contribution in [0.5, 0.6) is 0 Å². The molecule has 1 aromatic heterocycles. The maximum absolute atomic E-state index is 11.6. The fraction of sp³-hybridized carbons (Fsp3) is 0.316. The minimum atomic E-state index is -0.960. The van der Waals surface area contributed by atoms with Crippen LogP contribution in [0.25, 0.3) is 11.3 Å². The van der Waals surface area contributed by atoms with E-state index < -0.39 is 5.97 Å². The summed E-state index contributed by atoms with van der Waals surface area (Å²) in [5.41, 5.74) is 2.44. The SMILES string of the molecule is CC(=O)N1CCCC(c2cccc(-c3ccccc3C(=O)O)n2)C1. The number of aromatic nitrogens is 1. The number of piperidine rings is 1. The molecule has 1 amide bonds. The van der Waals surface area contributed by atoms with Crippen LogP contribution in [0.1, 0.15) is 41.7 Å². The minimum absolute atomic E-state index is 0.0899. The van der Waals surface area contributed by atoms with Gasteiger partial charge >= 0.3 is 5.97 Å². The molecule has 3 rings (SSSR count). The number of carboxylic acid groups (broad SMARTS) is 1. The summed E-state index contributed by atoms with van der Waals surface area (Å²) in [5, 5.41) is 9.37. The molecule has 0 saturated carbocycles. The molecule has 5 nitrogen and oxygen atoms in total. The molecule has 24 heavy (non-hydrogen) atoms. The highest BCUT2D eigenvalue weighted by molar-refractivity contribution is 5.95. The molecule has 2 heterocycles. The topological polar surface area (TPSA) is 70.5 Å². The van der Waals surface area contributed by atoms with Crippen LogP contribution in [0, 0.1) is 0 Å². The van der Waals surface area contributed by atoms with E-state index in [0.29, 0.717) is 17.8 Å². The molecule has 1 unspecified atom stereocenters. The van der Waals surface area contributed by atoms with Crippen molar-refractivity contribution in [3.05, 3.63) is 53.7 Å². The molecule has 1 aromatic carbocycles. The average Bonchev–Trinajstić information content (AvgIpc) is 2.62. The Labute approximate surface area is 140 Å². The summed E-state index contributed by atoms with van der Waals surface area (Å²) < 4.78 is 0. The molecular formula is C19H20N2O3. The van der Waals surface area contributed by atoms with Crippen molar-refractivity contribution in [3.8, 4) is 11.3 Å². The number of hydrogen-bond donors (Lipinski definition) is 1. The molecule has 2 aromatic rings. The molecule has 5 heteroatoms. The Morgan fingerprint density at radius 3 is 2.71 bits per heavy atom. The van der Waals surface area contributed by atoms with Crippen LogP contribution in [0.3, 0.4) is 0 Å². The van der Waals surface area contributed by atoms with E-state index in [1.165, 1.54) is 0 Å². The van der Waals surface area contributed by atoms with E-state index in [9.17, 15) is 14.7 Å². The number of aromatic carboxylic acids is 1. The van der Waals surface area contributed by atoms with Crippen LogP contribution < -0.4 is 0 Å². The van der Waals surface area contributed by atoms with E-state index in [-0.39, 0.29) is 17.4 Å². The van der Waals surface area contributed by atoms with Crippen molar-refractivity contribution in [2.24, 2.45) is 0 Å². The average molecular weight is 324 g/mol. The van der Waals surface area contributed by atoms with Gasteiger partial charge in [0.2, 0.25) is 5.91 Å². The van der Waals surface area contributed by atoms with E-state index in [1.54, 1.807) is 25.1 Å². The smallest absolute Gasteiger partial charge is 0.336 e. The van der Waals surface area contributed by atoms with Gasteiger partial charge in [-0.15, -0.1) is 0 Å². The minimum Gasteiger partial charge on any atom is -0.478 e. The molecule has 0 spiro atoms. The van der Waals surface area contributed by atoms with Gasteiger partial charge in [0.1, 0.15) is 0 Å². The van der Waals surface area contributed by atoms with E-state index in [1.807, 2.05) is 29.2 Å². The van der Waals surface area contributed by atoms with Gasteiger partial charge in [0, 0.05) is 37.2 Å². The molecule has 0 radical (unpaired) electrons. The van der Waals surface area contributed by atoms with Gasteiger partial charge in [0.05, 0.1) is 11.3 Å². The van der Waals surface area contributed by atoms with Crippen molar-refractivity contribution in [1.82, 2.24) is 9.88 Å². The van der Waals surface area contributed by atoms with E-state index in [0.717, 1.165) is 25.1 Å². The molecule has 0 aliphatic carbocycles. The summed E-state index contributed by atoms with van der Waals surface area (Å²) in [6.45, 7) is 3.06. The number of pyridine rings is 1. The molecule has 1 aliphatic heterocycles. The lowest BCUT2D eigenvalue weighted by Gasteiger charge is -2.31. The molecule has 1 N–H and O–H groups in total.